The molecule has 0 aliphatic heterocycles. The molecule has 0 radical (unpaired) electrons. The van der Waals surface area contributed by atoms with Crippen LogP contribution in [0.3, 0.4) is 0 Å². The van der Waals surface area contributed by atoms with Crippen LogP contribution in [0.15, 0.2) is 0 Å². The Morgan fingerprint density at radius 2 is 1.76 bits per heavy atom. The molecule has 1 aliphatic rings. The van der Waals surface area contributed by atoms with Crippen LogP contribution in [-0.2, 0) is 0 Å². The summed E-state index contributed by atoms with van der Waals surface area (Å²) in [6.45, 7) is 12.5. The van der Waals surface area contributed by atoms with Crippen molar-refractivity contribution in [2.75, 3.05) is 6.54 Å². The summed E-state index contributed by atoms with van der Waals surface area (Å²) in [6.07, 6.45) is 6.40. The van der Waals surface area contributed by atoms with Crippen molar-refractivity contribution < 1.29 is 5.21 Å². The first kappa shape index (κ1) is 15.0. The molecular formula is C15H31NO. The molecule has 1 aliphatic carbocycles. The Bertz CT molecular complexity index is 235. The molecular weight excluding hydrogens is 210 g/mol. The van der Waals surface area contributed by atoms with Gasteiger partial charge in [-0.15, -0.1) is 0 Å². The van der Waals surface area contributed by atoms with Gasteiger partial charge in [-0.25, -0.2) is 5.48 Å². The number of hydroxylamine groups is 1. The predicted molar refractivity (Wildman–Crippen MR) is 73.1 cm³/mol. The Morgan fingerprint density at radius 3 is 2.24 bits per heavy atom. The van der Waals surface area contributed by atoms with Crippen molar-refractivity contribution in [2.45, 2.75) is 66.7 Å². The van der Waals surface area contributed by atoms with Crippen molar-refractivity contribution in [3.05, 3.63) is 0 Å². The topological polar surface area (TPSA) is 32.3 Å². The minimum Gasteiger partial charge on any atom is -0.317 e. The maximum absolute atomic E-state index is 9.04. The molecule has 2 unspecified atom stereocenters. The lowest BCUT2D eigenvalue weighted by molar-refractivity contribution is 0.00243. The maximum atomic E-state index is 9.04. The molecule has 0 bridgehead atoms. The van der Waals surface area contributed by atoms with Gasteiger partial charge in [0.2, 0.25) is 0 Å². The van der Waals surface area contributed by atoms with Crippen molar-refractivity contribution in [3.8, 4) is 0 Å². The summed E-state index contributed by atoms with van der Waals surface area (Å²) in [5.41, 5.74) is 3.08. The molecule has 2 heteroatoms. The summed E-state index contributed by atoms with van der Waals surface area (Å²) < 4.78 is 0. The lowest BCUT2D eigenvalue weighted by Gasteiger charge is -2.48. The molecule has 2 nitrogen and oxygen atoms in total. The van der Waals surface area contributed by atoms with Gasteiger partial charge >= 0.3 is 0 Å². The van der Waals surface area contributed by atoms with E-state index >= 15 is 0 Å². The summed E-state index contributed by atoms with van der Waals surface area (Å²) in [6, 6.07) is 0. The standard InChI is InChI=1S/C15H31NO/c1-6-12(7-2)13-8-14(3,4)10-15(5,9-13)11-16-17/h12-13,16-17H,6-11H2,1-5H3. The van der Waals surface area contributed by atoms with Gasteiger partial charge in [-0.1, -0.05) is 47.5 Å². The molecule has 0 saturated heterocycles. The fraction of sp³-hybridized carbons (Fsp3) is 1.00. The van der Waals surface area contributed by atoms with Crippen LogP contribution in [0.25, 0.3) is 0 Å². The van der Waals surface area contributed by atoms with Gasteiger partial charge < -0.3 is 5.21 Å². The van der Waals surface area contributed by atoms with Crippen LogP contribution in [0.2, 0.25) is 0 Å². The van der Waals surface area contributed by atoms with Gasteiger partial charge in [-0.2, -0.15) is 0 Å². The molecule has 0 aromatic heterocycles. The largest absolute Gasteiger partial charge is 0.317 e. The van der Waals surface area contributed by atoms with E-state index in [0.717, 1.165) is 18.4 Å². The van der Waals surface area contributed by atoms with Crippen LogP contribution in [0.1, 0.15) is 66.7 Å². The molecule has 102 valence electrons. The zero-order valence-corrected chi connectivity index (χ0v) is 12.3. The minimum atomic E-state index is 0.254. The fourth-order valence-corrected chi connectivity index (χ4v) is 4.33. The van der Waals surface area contributed by atoms with Crippen molar-refractivity contribution in [1.82, 2.24) is 5.48 Å². The number of hydrogen-bond donors (Lipinski definition) is 2. The average molecular weight is 241 g/mol. The summed E-state index contributed by atoms with van der Waals surface area (Å²) >= 11 is 0. The van der Waals surface area contributed by atoms with Gasteiger partial charge in [0.1, 0.15) is 0 Å². The van der Waals surface area contributed by atoms with E-state index < -0.39 is 0 Å². The lowest BCUT2D eigenvalue weighted by atomic mass is 9.58. The third-order valence-electron chi connectivity index (χ3n) is 4.70. The Hall–Kier alpha value is -0.0800. The average Bonchev–Trinajstić information content (AvgIpc) is 2.16. The first-order valence-corrected chi connectivity index (χ1v) is 7.23. The number of rotatable bonds is 5. The zero-order chi connectivity index (χ0) is 13.1. The molecule has 0 heterocycles. The molecule has 2 N–H and O–H groups in total. The monoisotopic (exact) mass is 241 g/mol. The summed E-state index contributed by atoms with van der Waals surface area (Å²) in [4.78, 5) is 0. The van der Waals surface area contributed by atoms with Crippen molar-refractivity contribution in [2.24, 2.45) is 22.7 Å². The molecule has 2 atom stereocenters. The second kappa shape index (κ2) is 5.71. The molecule has 1 fully saturated rings. The number of nitrogens with one attached hydrogen (secondary N) is 1. The van der Waals surface area contributed by atoms with Crippen molar-refractivity contribution in [1.29, 1.82) is 0 Å². The molecule has 0 aromatic rings. The van der Waals surface area contributed by atoms with E-state index in [0.29, 0.717) is 5.41 Å². The van der Waals surface area contributed by atoms with Crippen LogP contribution in [-0.4, -0.2) is 11.8 Å². The third kappa shape index (κ3) is 3.96. The first-order valence-electron chi connectivity index (χ1n) is 7.23. The van der Waals surface area contributed by atoms with Crippen molar-refractivity contribution in [3.63, 3.8) is 0 Å². The van der Waals surface area contributed by atoms with Crippen LogP contribution >= 0.6 is 0 Å². The molecule has 1 saturated carbocycles. The van der Waals surface area contributed by atoms with E-state index in [1.54, 1.807) is 0 Å². The second-order valence-corrected chi connectivity index (χ2v) is 7.23. The van der Waals surface area contributed by atoms with E-state index in [1.165, 1.54) is 32.1 Å². The normalized spacial score (nSPS) is 33.0. The zero-order valence-electron chi connectivity index (χ0n) is 12.3. The molecule has 0 amide bonds. The van der Waals surface area contributed by atoms with Gasteiger partial charge in [0, 0.05) is 6.54 Å². The van der Waals surface area contributed by atoms with Gasteiger partial charge in [0.25, 0.3) is 0 Å². The lowest BCUT2D eigenvalue weighted by Crippen LogP contribution is -2.43. The first-order chi connectivity index (χ1) is 7.86. The number of hydrogen-bond acceptors (Lipinski definition) is 2. The van der Waals surface area contributed by atoms with Gasteiger partial charge in [0.15, 0.2) is 0 Å². The van der Waals surface area contributed by atoms with Crippen LogP contribution in [0.4, 0.5) is 0 Å². The van der Waals surface area contributed by atoms with E-state index in [4.69, 9.17) is 5.21 Å². The summed E-state index contributed by atoms with van der Waals surface area (Å²) in [5.74, 6) is 1.68. The SMILES string of the molecule is CCC(CC)C1CC(C)(C)CC(C)(CNO)C1. The van der Waals surface area contributed by atoms with Crippen LogP contribution in [0.5, 0.6) is 0 Å². The van der Waals surface area contributed by atoms with Crippen LogP contribution in [0, 0.1) is 22.7 Å². The Labute approximate surface area is 107 Å². The Balaban J connectivity index is 2.80. The Kier molecular flexibility index (Phi) is 5.03. The van der Waals surface area contributed by atoms with Crippen molar-refractivity contribution >= 4 is 0 Å². The molecule has 1 rings (SSSR count). The van der Waals surface area contributed by atoms with E-state index in [1.807, 2.05) is 0 Å². The highest BCUT2D eigenvalue weighted by Gasteiger charge is 2.42. The molecule has 17 heavy (non-hydrogen) atoms. The summed E-state index contributed by atoms with van der Waals surface area (Å²) in [7, 11) is 0. The highest BCUT2D eigenvalue weighted by atomic mass is 16.5. The molecule has 0 aromatic carbocycles. The predicted octanol–water partition coefficient (Wildman–Crippen LogP) is 4.23. The van der Waals surface area contributed by atoms with E-state index in [9.17, 15) is 0 Å². The van der Waals surface area contributed by atoms with E-state index in [-0.39, 0.29) is 5.41 Å². The van der Waals surface area contributed by atoms with Crippen LogP contribution < -0.4 is 5.48 Å². The third-order valence-corrected chi connectivity index (χ3v) is 4.70. The molecule has 0 spiro atoms. The summed E-state index contributed by atoms with van der Waals surface area (Å²) in [5, 5.41) is 9.04. The fourth-order valence-electron chi connectivity index (χ4n) is 4.33. The highest BCUT2D eigenvalue weighted by Crippen LogP contribution is 2.51. The maximum Gasteiger partial charge on any atom is 0.0261 e. The highest BCUT2D eigenvalue weighted by molar-refractivity contribution is 4.93. The Morgan fingerprint density at radius 1 is 1.18 bits per heavy atom. The van der Waals surface area contributed by atoms with Gasteiger partial charge in [-0.05, 0) is 41.9 Å². The quantitative estimate of drug-likeness (QED) is 0.706. The minimum absolute atomic E-state index is 0.254. The van der Waals surface area contributed by atoms with Gasteiger partial charge in [-0.3, -0.25) is 0 Å². The van der Waals surface area contributed by atoms with E-state index in [2.05, 4.69) is 40.1 Å². The second-order valence-electron chi connectivity index (χ2n) is 7.23. The van der Waals surface area contributed by atoms with Gasteiger partial charge in [0.05, 0.1) is 0 Å². The smallest absolute Gasteiger partial charge is 0.0261 e.